The van der Waals surface area contributed by atoms with E-state index in [2.05, 4.69) is 5.32 Å². The molecule has 1 N–H and O–H groups in total. The predicted octanol–water partition coefficient (Wildman–Crippen LogP) is 4.32. The van der Waals surface area contributed by atoms with Gasteiger partial charge >= 0.3 is 0 Å². The summed E-state index contributed by atoms with van der Waals surface area (Å²) in [6.45, 7) is 1.39. The number of hydrogen-bond donors (Lipinski definition) is 1. The average molecular weight is 333 g/mol. The maximum Gasteiger partial charge on any atom is 0.257 e. The summed E-state index contributed by atoms with van der Waals surface area (Å²) in [7, 11) is 0. The summed E-state index contributed by atoms with van der Waals surface area (Å²) >= 11 is 11.9. The van der Waals surface area contributed by atoms with Crippen LogP contribution >= 0.6 is 23.2 Å². The van der Waals surface area contributed by atoms with Crippen LogP contribution in [-0.2, 0) is 0 Å². The van der Waals surface area contributed by atoms with Crippen molar-refractivity contribution in [2.75, 3.05) is 5.32 Å². The van der Waals surface area contributed by atoms with E-state index in [9.17, 15) is 9.59 Å². The molecule has 0 heterocycles. The highest BCUT2D eigenvalue weighted by molar-refractivity contribution is 6.34. The molecule has 2 rings (SSSR count). The number of halogens is 2. The number of Topliss-reactive ketones (excluding diaryl/α,β-unsaturated/α-hetero) is 1. The van der Waals surface area contributed by atoms with E-state index in [0.717, 1.165) is 0 Å². The second-order valence-electron chi connectivity index (χ2n) is 4.51. The average Bonchev–Trinajstić information content (AvgIpc) is 2.47. The fourth-order valence-electron chi connectivity index (χ4n) is 1.89. The van der Waals surface area contributed by atoms with Crippen LogP contribution in [0.1, 0.15) is 33.2 Å². The fourth-order valence-corrected chi connectivity index (χ4v) is 2.26. The highest BCUT2D eigenvalue weighted by Crippen LogP contribution is 2.24. The van der Waals surface area contributed by atoms with Crippen LogP contribution in [0.5, 0.6) is 0 Å². The molecule has 0 saturated heterocycles. The van der Waals surface area contributed by atoms with Crippen molar-refractivity contribution in [1.82, 2.24) is 0 Å². The molecule has 0 aliphatic heterocycles. The van der Waals surface area contributed by atoms with Crippen molar-refractivity contribution in [3.05, 3.63) is 63.1 Å². The zero-order chi connectivity index (χ0) is 16.3. The SMILES string of the molecule is CC(=O)c1ccc(Cl)cc1NC(=O)c1cc(C#N)ccc1Cl. The van der Waals surface area contributed by atoms with Gasteiger partial charge in [-0.05, 0) is 43.3 Å². The molecule has 1 amide bonds. The van der Waals surface area contributed by atoms with Gasteiger partial charge in [-0.3, -0.25) is 9.59 Å². The van der Waals surface area contributed by atoms with Gasteiger partial charge in [0, 0.05) is 10.6 Å². The standard InChI is InChI=1S/C16H10Cl2N2O2/c1-9(21)12-4-3-11(17)7-15(12)20-16(22)13-6-10(8-19)2-5-14(13)18/h2-7H,1H3,(H,20,22). The smallest absolute Gasteiger partial charge is 0.257 e. The van der Waals surface area contributed by atoms with Gasteiger partial charge in [0.25, 0.3) is 5.91 Å². The van der Waals surface area contributed by atoms with Crippen LogP contribution in [0, 0.1) is 11.3 Å². The number of carbonyl (C=O) groups is 2. The summed E-state index contributed by atoms with van der Waals surface area (Å²) in [5, 5.41) is 12.1. The molecule has 4 nitrogen and oxygen atoms in total. The molecule has 0 aliphatic rings. The molecule has 22 heavy (non-hydrogen) atoms. The molecule has 0 spiro atoms. The molecule has 0 saturated carbocycles. The molecule has 0 bridgehead atoms. The van der Waals surface area contributed by atoms with Gasteiger partial charge in [-0.25, -0.2) is 0 Å². The summed E-state index contributed by atoms with van der Waals surface area (Å²) in [4.78, 5) is 23.9. The van der Waals surface area contributed by atoms with E-state index in [1.165, 1.54) is 37.3 Å². The van der Waals surface area contributed by atoms with Gasteiger partial charge < -0.3 is 5.32 Å². The molecule has 2 aromatic rings. The first kappa shape index (κ1) is 16.0. The summed E-state index contributed by atoms with van der Waals surface area (Å²) in [5.41, 5.74) is 1.09. The number of amides is 1. The Balaban J connectivity index is 2.40. The van der Waals surface area contributed by atoms with Crippen molar-refractivity contribution < 1.29 is 9.59 Å². The highest BCUT2D eigenvalue weighted by Gasteiger charge is 2.15. The van der Waals surface area contributed by atoms with E-state index >= 15 is 0 Å². The van der Waals surface area contributed by atoms with Crippen LogP contribution in [0.2, 0.25) is 10.0 Å². The Hall–Kier alpha value is -2.35. The lowest BCUT2D eigenvalue weighted by atomic mass is 10.1. The molecule has 2 aromatic carbocycles. The van der Waals surface area contributed by atoms with E-state index < -0.39 is 5.91 Å². The summed E-state index contributed by atoms with van der Waals surface area (Å²) in [5.74, 6) is -0.726. The molecule has 0 atom stereocenters. The normalized spacial score (nSPS) is 9.91. The van der Waals surface area contributed by atoms with Crippen LogP contribution in [0.4, 0.5) is 5.69 Å². The van der Waals surface area contributed by atoms with E-state index in [4.69, 9.17) is 28.5 Å². The Morgan fingerprint density at radius 2 is 1.82 bits per heavy atom. The third kappa shape index (κ3) is 3.45. The summed E-state index contributed by atoms with van der Waals surface area (Å²) in [6.07, 6.45) is 0. The number of benzene rings is 2. The monoisotopic (exact) mass is 332 g/mol. The van der Waals surface area contributed by atoms with Crippen molar-refractivity contribution in [2.45, 2.75) is 6.92 Å². The minimum Gasteiger partial charge on any atom is -0.321 e. The minimum atomic E-state index is -0.521. The lowest BCUT2D eigenvalue weighted by molar-refractivity contribution is 0.101. The Morgan fingerprint density at radius 3 is 2.45 bits per heavy atom. The maximum atomic E-state index is 12.3. The Morgan fingerprint density at radius 1 is 1.09 bits per heavy atom. The quantitative estimate of drug-likeness (QED) is 0.851. The molecule has 0 unspecified atom stereocenters. The number of anilines is 1. The number of rotatable bonds is 3. The van der Waals surface area contributed by atoms with Crippen molar-refractivity contribution in [3.8, 4) is 6.07 Å². The number of carbonyl (C=O) groups excluding carboxylic acids is 2. The molecule has 0 aromatic heterocycles. The van der Waals surface area contributed by atoms with Crippen LogP contribution in [-0.4, -0.2) is 11.7 Å². The van der Waals surface area contributed by atoms with Crippen molar-refractivity contribution in [1.29, 1.82) is 5.26 Å². The Kier molecular flexibility index (Phi) is 4.81. The van der Waals surface area contributed by atoms with Gasteiger partial charge in [0.05, 0.1) is 27.9 Å². The van der Waals surface area contributed by atoms with Crippen LogP contribution < -0.4 is 5.32 Å². The summed E-state index contributed by atoms with van der Waals surface area (Å²) in [6, 6.07) is 10.9. The molecule has 6 heteroatoms. The predicted molar refractivity (Wildman–Crippen MR) is 85.6 cm³/mol. The molecular formula is C16H10Cl2N2O2. The van der Waals surface area contributed by atoms with Crippen LogP contribution in [0.25, 0.3) is 0 Å². The largest absolute Gasteiger partial charge is 0.321 e. The van der Waals surface area contributed by atoms with Gasteiger partial charge in [-0.15, -0.1) is 0 Å². The van der Waals surface area contributed by atoms with Crippen LogP contribution in [0.15, 0.2) is 36.4 Å². The molecule has 110 valence electrons. The van der Waals surface area contributed by atoms with Gasteiger partial charge in [0.2, 0.25) is 0 Å². The lowest BCUT2D eigenvalue weighted by Gasteiger charge is -2.11. The van der Waals surface area contributed by atoms with E-state index in [-0.39, 0.29) is 16.4 Å². The zero-order valence-corrected chi connectivity index (χ0v) is 13.0. The number of nitrogens with zero attached hydrogens (tertiary/aromatic N) is 1. The number of nitrogens with one attached hydrogen (secondary N) is 1. The maximum absolute atomic E-state index is 12.3. The third-order valence-corrected chi connectivity index (χ3v) is 3.51. The van der Waals surface area contributed by atoms with Gasteiger partial charge in [0.1, 0.15) is 0 Å². The first-order valence-corrected chi connectivity index (χ1v) is 6.99. The highest BCUT2D eigenvalue weighted by atomic mass is 35.5. The zero-order valence-electron chi connectivity index (χ0n) is 11.5. The van der Waals surface area contributed by atoms with Gasteiger partial charge in [0.15, 0.2) is 5.78 Å². The number of ketones is 1. The molecule has 0 aliphatic carbocycles. The second kappa shape index (κ2) is 6.61. The molecular weight excluding hydrogens is 323 g/mol. The number of hydrogen-bond acceptors (Lipinski definition) is 3. The van der Waals surface area contributed by atoms with E-state index in [1.807, 2.05) is 6.07 Å². The Labute approximate surface area is 137 Å². The fraction of sp³-hybridized carbons (Fsp3) is 0.0625. The number of nitriles is 1. The molecule has 0 radical (unpaired) electrons. The Bertz CT molecular complexity index is 810. The summed E-state index contributed by atoms with van der Waals surface area (Å²) < 4.78 is 0. The second-order valence-corrected chi connectivity index (χ2v) is 5.35. The first-order chi connectivity index (χ1) is 10.4. The van der Waals surface area contributed by atoms with Gasteiger partial charge in [-0.2, -0.15) is 5.26 Å². The third-order valence-electron chi connectivity index (χ3n) is 2.95. The first-order valence-electron chi connectivity index (χ1n) is 6.24. The van der Waals surface area contributed by atoms with E-state index in [1.54, 1.807) is 6.07 Å². The topological polar surface area (TPSA) is 70.0 Å². The van der Waals surface area contributed by atoms with Crippen molar-refractivity contribution in [3.63, 3.8) is 0 Å². The van der Waals surface area contributed by atoms with E-state index in [0.29, 0.717) is 21.8 Å². The molecule has 0 fully saturated rings. The lowest BCUT2D eigenvalue weighted by Crippen LogP contribution is -2.15. The van der Waals surface area contributed by atoms with Crippen molar-refractivity contribution >= 4 is 40.6 Å². The van der Waals surface area contributed by atoms with Crippen molar-refractivity contribution in [2.24, 2.45) is 0 Å². The van der Waals surface area contributed by atoms with Crippen LogP contribution in [0.3, 0.4) is 0 Å². The minimum absolute atomic E-state index is 0.148. The van der Waals surface area contributed by atoms with Gasteiger partial charge in [-0.1, -0.05) is 23.2 Å².